The maximum Gasteiger partial charge on any atom is 0.526 e. The van der Waals surface area contributed by atoms with Crippen LogP contribution in [0.15, 0.2) is 0 Å². The number of hydrogen-bond acceptors (Lipinski definition) is 3. The molecule has 9 heteroatoms. The van der Waals surface area contributed by atoms with Gasteiger partial charge in [0.05, 0.1) is 17.0 Å². The molecule has 0 spiro atoms. The Hall–Kier alpha value is 0.792. The topological polar surface area (TPSA) is 43.4 Å². The summed E-state index contributed by atoms with van der Waals surface area (Å²) in [5.41, 5.74) is -6.13. The first-order valence-electron chi connectivity index (χ1n) is 5.69. The molecule has 0 aliphatic rings. The van der Waals surface area contributed by atoms with Crippen molar-refractivity contribution < 1.29 is 46.0 Å². The van der Waals surface area contributed by atoms with Gasteiger partial charge in [0, 0.05) is 20.4 Å². The fourth-order valence-electron chi connectivity index (χ4n) is 2.26. The summed E-state index contributed by atoms with van der Waals surface area (Å²) in [5.74, 6) is 0. The Bertz CT molecular complexity index is 358. The van der Waals surface area contributed by atoms with E-state index in [1.165, 1.54) is 0 Å². The first-order valence-corrected chi connectivity index (χ1v) is 9.01. The van der Waals surface area contributed by atoms with E-state index < -0.39 is 23.1 Å². The third kappa shape index (κ3) is 4.64. The van der Waals surface area contributed by atoms with E-state index in [4.69, 9.17) is 3.97 Å². The molecule has 0 bridgehead atoms. The van der Waals surface area contributed by atoms with Crippen molar-refractivity contribution in [1.82, 2.24) is 0 Å². The molecule has 3 nitrogen and oxygen atoms in total. The van der Waals surface area contributed by atoms with Crippen molar-refractivity contribution in [1.29, 1.82) is 0 Å². The molecule has 0 radical (unpaired) electrons. The molecule has 0 heterocycles. The van der Waals surface area contributed by atoms with Crippen LogP contribution in [0, 0.1) is 0 Å². The second kappa shape index (κ2) is 7.18. The summed E-state index contributed by atoms with van der Waals surface area (Å²) >= 11 is 0. The second-order valence-electron chi connectivity index (χ2n) is 5.02. The van der Waals surface area contributed by atoms with Gasteiger partial charge in [0.2, 0.25) is 0 Å². The molecule has 0 fully saturated rings. The van der Waals surface area contributed by atoms with Gasteiger partial charge in [-0.05, 0) is 41.5 Å². The Morgan fingerprint density at radius 3 is 1.32 bits per heavy atom. The molecule has 0 aliphatic heterocycles. The predicted molar refractivity (Wildman–Crippen MR) is 68.4 cm³/mol. The fraction of sp³-hybridized carbons (Fsp3) is 1.00. The number of rotatable bonds is 5. The molecule has 0 aliphatic carbocycles. The van der Waals surface area contributed by atoms with Gasteiger partial charge in [-0.3, -0.25) is 0 Å². The Balaban J connectivity index is 0. The zero-order valence-corrected chi connectivity index (χ0v) is 15.0. The van der Waals surface area contributed by atoms with Crippen LogP contribution in [-0.4, -0.2) is 30.9 Å². The van der Waals surface area contributed by atoms with Crippen molar-refractivity contribution in [3.63, 3.8) is 0 Å². The molecule has 0 atom stereocenters. The van der Waals surface area contributed by atoms with Crippen LogP contribution >= 0.6 is 7.49 Å². The first kappa shape index (κ1) is 22.1. The summed E-state index contributed by atoms with van der Waals surface area (Å²) in [4.78, 5) is 0. The maximum atomic E-state index is 12.5. The van der Waals surface area contributed by atoms with E-state index in [1.807, 2.05) is 0 Å². The van der Waals surface area contributed by atoms with Gasteiger partial charge in [-0.2, -0.15) is 21.6 Å². The summed E-state index contributed by atoms with van der Waals surface area (Å²) in [5, 5.41) is 0. The Morgan fingerprint density at radius 1 is 0.895 bits per heavy atom. The molecule has 0 amide bonds. The normalized spacial score (nSPS) is 14.1. The number of hydrogen-bond donors (Lipinski definition) is 0. The van der Waals surface area contributed by atoms with Gasteiger partial charge in [0.15, 0.2) is 7.49 Å². The summed E-state index contributed by atoms with van der Waals surface area (Å²) in [6.45, 7) is 10.2. The molecule has 0 saturated heterocycles. The molecule has 19 heavy (non-hydrogen) atoms. The van der Waals surface area contributed by atoms with Gasteiger partial charge >= 0.3 is 15.6 Å². The standard InChI is InChI=1S/C10H21F3O3PS.Pd/c1-7(2)17(8(3)4,9(5)6)16-18(14,15)10(11,12)13;/h7-9H,1-6H3;/q+1;. The Morgan fingerprint density at radius 2 is 1.16 bits per heavy atom. The first-order chi connectivity index (χ1) is 7.79. The van der Waals surface area contributed by atoms with Crippen LogP contribution in [0.2, 0.25) is 0 Å². The molecule has 0 aromatic heterocycles. The maximum absolute atomic E-state index is 12.5. The van der Waals surface area contributed by atoms with E-state index in [0.717, 1.165) is 0 Å². The van der Waals surface area contributed by atoms with Crippen molar-refractivity contribution in [2.45, 2.75) is 64.0 Å². The van der Waals surface area contributed by atoms with Gasteiger partial charge in [-0.15, -0.1) is 3.97 Å². The molecular weight excluding hydrogens is 395 g/mol. The summed E-state index contributed by atoms with van der Waals surface area (Å²) in [7, 11) is -8.28. The quantitative estimate of drug-likeness (QED) is 0.387. The van der Waals surface area contributed by atoms with Gasteiger partial charge in [0.25, 0.3) is 0 Å². The van der Waals surface area contributed by atoms with Crippen molar-refractivity contribution in [2.24, 2.45) is 0 Å². The van der Waals surface area contributed by atoms with E-state index >= 15 is 0 Å². The monoisotopic (exact) mass is 415 g/mol. The van der Waals surface area contributed by atoms with Crippen LogP contribution < -0.4 is 0 Å². The molecular formula is C10H21F3O3PPdS+. The SMILES string of the molecule is CC(C)[P+](OS(=O)(=O)C(F)(F)F)(C(C)C)C(C)C.[Pd]. The molecule has 120 valence electrons. The minimum atomic E-state index is -5.54. The van der Waals surface area contributed by atoms with Crippen LogP contribution in [0.1, 0.15) is 41.5 Å². The van der Waals surface area contributed by atoms with Crippen LogP contribution in [-0.2, 0) is 34.5 Å². The third-order valence-electron chi connectivity index (χ3n) is 2.93. The molecule has 0 aromatic carbocycles. The van der Waals surface area contributed by atoms with Gasteiger partial charge in [-0.25, -0.2) is 0 Å². The van der Waals surface area contributed by atoms with E-state index in [0.29, 0.717) is 0 Å². The van der Waals surface area contributed by atoms with E-state index in [2.05, 4.69) is 0 Å². The van der Waals surface area contributed by atoms with Gasteiger partial charge in [-0.1, -0.05) is 0 Å². The summed E-state index contributed by atoms with van der Waals surface area (Å²) in [6, 6.07) is 0. The van der Waals surface area contributed by atoms with Crippen molar-refractivity contribution >= 4 is 17.6 Å². The van der Waals surface area contributed by atoms with Crippen molar-refractivity contribution in [3.05, 3.63) is 0 Å². The van der Waals surface area contributed by atoms with Crippen LogP contribution in [0.4, 0.5) is 13.2 Å². The Labute approximate surface area is 127 Å². The minimum absolute atomic E-state index is 0. The predicted octanol–water partition coefficient (Wildman–Crippen LogP) is 4.01. The smallest absolute Gasteiger partial charge is 0.186 e. The zero-order valence-electron chi connectivity index (χ0n) is 11.8. The summed E-state index contributed by atoms with van der Waals surface area (Å²) in [6.07, 6.45) is 0. The molecule has 0 rings (SSSR count). The van der Waals surface area contributed by atoms with Gasteiger partial charge < -0.3 is 0 Å². The largest absolute Gasteiger partial charge is 0.526 e. The van der Waals surface area contributed by atoms with Gasteiger partial charge in [0.1, 0.15) is 0 Å². The number of alkyl halides is 3. The van der Waals surface area contributed by atoms with Crippen LogP contribution in [0.25, 0.3) is 0 Å². The molecule has 0 saturated carbocycles. The second-order valence-corrected chi connectivity index (χ2v) is 11.6. The minimum Gasteiger partial charge on any atom is -0.186 e. The van der Waals surface area contributed by atoms with Crippen LogP contribution in [0.5, 0.6) is 0 Å². The average Bonchev–Trinajstić information content (AvgIpc) is 2.10. The average molecular weight is 416 g/mol. The molecule has 0 N–H and O–H groups in total. The van der Waals surface area contributed by atoms with Crippen LogP contribution in [0.3, 0.4) is 0 Å². The van der Waals surface area contributed by atoms with Crippen molar-refractivity contribution in [2.75, 3.05) is 0 Å². The third-order valence-corrected chi connectivity index (χ3v) is 10.2. The van der Waals surface area contributed by atoms with E-state index in [1.54, 1.807) is 41.5 Å². The fourth-order valence-corrected chi connectivity index (χ4v) is 9.60. The Kier molecular flexibility index (Phi) is 8.34. The number of halogens is 3. The molecule has 0 aromatic rings. The molecule has 0 unspecified atom stereocenters. The zero-order chi connectivity index (χ0) is 14.9. The van der Waals surface area contributed by atoms with Crippen molar-refractivity contribution in [3.8, 4) is 0 Å². The van der Waals surface area contributed by atoms with E-state index in [9.17, 15) is 21.6 Å². The summed E-state index contributed by atoms with van der Waals surface area (Å²) < 4.78 is 64.6. The van der Waals surface area contributed by atoms with E-state index in [-0.39, 0.29) is 37.4 Å².